The third-order valence-corrected chi connectivity index (χ3v) is 3.63. The Bertz CT molecular complexity index is 617. The van der Waals surface area contributed by atoms with E-state index in [2.05, 4.69) is 10.6 Å². The molecular weight excluding hydrogens is 288 g/mol. The van der Waals surface area contributed by atoms with Crippen LogP contribution >= 0.6 is 11.6 Å². The Kier molecular flexibility index (Phi) is 5.20. The largest absolute Gasteiger partial charge is 0.394 e. The van der Waals surface area contributed by atoms with Gasteiger partial charge in [-0.05, 0) is 24.1 Å². The third kappa shape index (κ3) is 3.97. The fraction of sp³-hybridized carbons (Fsp3) is 0.188. The van der Waals surface area contributed by atoms with Gasteiger partial charge >= 0.3 is 6.03 Å². The van der Waals surface area contributed by atoms with Crippen molar-refractivity contribution in [1.82, 2.24) is 5.32 Å². The van der Waals surface area contributed by atoms with Gasteiger partial charge in [0.25, 0.3) is 0 Å². The normalized spacial score (nSPS) is 11.8. The van der Waals surface area contributed by atoms with E-state index < -0.39 is 12.1 Å². The van der Waals surface area contributed by atoms with Gasteiger partial charge in [0.05, 0.1) is 23.4 Å². The molecule has 2 amide bonds. The number of benzene rings is 2. The Labute approximate surface area is 128 Å². The van der Waals surface area contributed by atoms with Gasteiger partial charge in [-0.2, -0.15) is 0 Å². The van der Waals surface area contributed by atoms with Crippen LogP contribution in [0.4, 0.5) is 10.5 Å². The average molecular weight is 305 g/mol. The second kappa shape index (κ2) is 7.11. The van der Waals surface area contributed by atoms with Crippen LogP contribution in [0, 0.1) is 6.92 Å². The molecule has 21 heavy (non-hydrogen) atoms. The number of carbonyl (C=O) groups excluding carboxylic acids is 1. The molecule has 5 heteroatoms. The predicted octanol–water partition coefficient (Wildman–Crippen LogP) is 3.50. The summed E-state index contributed by atoms with van der Waals surface area (Å²) in [6, 6.07) is 13.8. The number of hydrogen-bond acceptors (Lipinski definition) is 2. The fourth-order valence-corrected chi connectivity index (χ4v) is 2.15. The zero-order chi connectivity index (χ0) is 15.2. The standard InChI is InChI=1S/C16H17ClN2O2/c1-11-6-5-9-13(15(11)17)18-16(21)19-14(10-20)12-7-3-2-4-8-12/h2-9,14,20H,10H2,1H3,(H2,18,19,21). The molecule has 1 unspecified atom stereocenters. The summed E-state index contributed by atoms with van der Waals surface area (Å²) in [7, 11) is 0. The van der Waals surface area contributed by atoms with E-state index in [-0.39, 0.29) is 6.61 Å². The van der Waals surface area contributed by atoms with Crippen LogP contribution in [0.3, 0.4) is 0 Å². The van der Waals surface area contributed by atoms with Crippen LogP contribution in [-0.2, 0) is 0 Å². The van der Waals surface area contributed by atoms with Gasteiger partial charge in [-0.15, -0.1) is 0 Å². The Hall–Kier alpha value is -2.04. The Morgan fingerprint density at radius 2 is 1.90 bits per heavy atom. The zero-order valence-corrected chi connectivity index (χ0v) is 12.4. The van der Waals surface area contributed by atoms with E-state index in [0.29, 0.717) is 10.7 Å². The molecule has 4 nitrogen and oxygen atoms in total. The van der Waals surface area contributed by atoms with Gasteiger partial charge in [0.2, 0.25) is 0 Å². The minimum absolute atomic E-state index is 0.182. The van der Waals surface area contributed by atoms with E-state index in [1.54, 1.807) is 6.07 Å². The van der Waals surface area contributed by atoms with E-state index in [1.807, 2.05) is 49.4 Å². The van der Waals surface area contributed by atoms with Crippen molar-refractivity contribution in [3.05, 3.63) is 64.7 Å². The number of carbonyl (C=O) groups is 1. The highest BCUT2D eigenvalue weighted by Crippen LogP contribution is 2.25. The van der Waals surface area contributed by atoms with Crippen molar-refractivity contribution in [2.24, 2.45) is 0 Å². The molecule has 0 aliphatic carbocycles. The predicted molar refractivity (Wildman–Crippen MR) is 84.6 cm³/mol. The fourth-order valence-electron chi connectivity index (χ4n) is 1.98. The Balaban J connectivity index is 2.05. The number of rotatable bonds is 4. The van der Waals surface area contributed by atoms with Crippen LogP contribution in [0.5, 0.6) is 0 Å². The highest BCUT2D eigenvalue weighted by atomic mass is 35.5. The maximum atomic E-state index is 12.0. The first-order valence-electron chi connectivity index (χ1n) is 6.60. The maximum Gasteiger partial charge on any atom is 0.319 e. The lowest BCUT2D eigenvalue weighted by Crippen LogP contribution is -2.34. The first-order chi connectivity index (χ1) is 10.1. The summed E-state index contributed by atoms with van der Waals surface area (Å²) in [4.78, 5) is 12.0. The summed E-state index contributed by atoms with van der Waals surface area (Å²) >= 11 is 6.13. The molecule has 0 saturated carbocycles. The maximum absolute atomic E-state index is 12.0. The van der Waals surface area contributed by atoms with E-state index >= 15 is 0 Å². The molecule has 0 radical (unpaired) electrons. The molecule has 2 rings (SSSR count). The second-order valence-electron chi connectivity index (χ2n) is 4.68. The Morgan fingerprint density at radius 1 is 1.19 bits per heavy atom. The van der Waals surface area contributed by atoms with Crippen molar-refractivity contribution in [3.63, 3.8) is 0 Å². The van der Waals surface area contributed by atoms with E-state index in [1.165, 1.54) is 0 Å². The number of amides is 2. The summed E-state index contributed by atoms with van der Waals surface area (Å²) in [6.07, 6.45) is 0. The van der Waals surface area contributed by atoms with Crippen molar-refractivity contribution in [2.45, 2.75) is 13.0 Å². The molecule has 0 heterocycles. The van der Waals surface area contributed by atoms with Crippen LogP contribution in [-0.4, -0.2) is 17.7 Å². The van der Waals surface area contributed by atoms with Crippen molar-refractivity contribution < 1.29 is 9.90 Å². The number of hydrogen-bond donors (Lipinski definition) is 3. The number of halogens is 1. The third-order valence-electron chi connectivity index (χ3n) is 3.13. The number of aryl methyl sites for hydroxylation is 1. The van der Waals surface area contributed by atoms with Gasteiger partial charge in [-0.1, -0.05) is 54.1 Å². The topological polar surface area (TPSA) is 61.4 Å². The van der Waals surface area contributed by atoms with E-state index in [9.17, 15) is 9.90 Å². The first-order valence-corrected chi connectivity index (χ1v) is 6.98. The molecule has 0 spiro atoms. The van der Waals surface area contributed by atoms with Crippen molar-refractivity contribution in [2.75, 3.05) is 11.9 Å². The molecule has 0 saturated heterocycles. The number of anilines is 1. The molecule has 0 fully saturated rings. The quantitative estimate of drug-likeness (QED) is 0.809. The van der Waals surface area contributed by atoms with E-state index in [4.69, 9.17) is 11.6 Å². The SMILES string of the molecule is Cc1cccc(NC(=O)NC(CO)c2ccccc2)c1Cl. The highest BCUT2D eigenvalue weighted by Gasteiger charge is 2.14. The van der Waals surface area contributed by atoms with Gasteiger partial charge in [0, 0.05) is 0 Å². The van der Waals surface area contributed by atoms with Crippen molar-refractivity contribution in [3.8, 4) is 0 Å². The minimum Gasteiger partial charge on any atom is -0.394 e. The molecule has 1 atom stereocenters. The van der Waals surface area contributed by atoms with Crippen LogP contribution in [0.25, 0.3) is 0 Å². The van der Waals surface area contributed by atoms with Crippen LogP contribution < -0.4 is 10.6 Å². The van der Waals surface area contributed by atoms with Gasteiger partial charge in [0.1, 0.15) is 0 Å². The number of nitrogens with one attached hydrogen (secondary N) is 2. The summed E-state index contributed by atoms with van der Waals surface area (Å²) in [5, 5.41) is 15.3. The molecule has 110 valence electrons. The van der Waals surface area contributed by atoms with Crippen molar-refractivity contribution in [1.29, 1.82) is 0 Å². The lowest BCUT2D eigenvalue weighted by Gasteiger charge is -2.17. The lowest BCUT2D eigenvalue weighted by atomic mass is 10.1. The second-order valence-corrected chi connectivity index (χ2v) is 5.06. The Morgan fingerprint density at radius 3 is 2.57 bits per heavy atom. The minimum atomic E-state index is -0.463. The number of aliphatic hydroxyl groups is 1. The highest BCUT2D eigenvalue weighted by molar-refractivity contribution is 6.34. The van der Waals surface area contributed by atoms with Gasteiger partial charge in [-0.3, -0.25) is 0 Å². The van der Waals surface area contributed by atoms with Crippen LogP contribution in [0.15, 0.2) is 48.5 Å². The molecular formula is C16H17ClN2O2. The first kappa shape index (κ1) is 15.4. The van der Waals surface area contributed by atoms with Gasteiger partial charge in [-0.25, -0.2) is 4.79 Å². The smallest absolute Gasteiger partial charge is 0.319 e. The molecule has 0 aliphatic rings. The summed E-state index contributed by atoms with van der Waals surface area (Å²) in [5.41, 5.74) is 2.26. The van der Waals surface area contributed by atoms with Crippen LogP contribution in [0.1, 0.15) is 17.2 Å². The number of urea groups is 1. The summed E-state index contributed by atoms with van der Waals surface area (Å²) < 4.78 is 0. The summed E-state index contributed by atoms with van der Waals surface area (Å²) in [5.74, 6) is 0. The van der Waals surface area contributed by atoms with Gasteiger partial charge in [0.15, 0.2) is 0 Å². The molecule has 0 bridgehead atoms. The number of aliphatic hydroxyl groups excluding tert-OH is 1. The monoisotopic (exact) mass is 304 g/mol. The summed E-state index contributed by atoms with van der Waals surface area (Å²) in [6.45, 7) is 1.69. The molecule has 0 aliphatic heterocycles. The lowest BCUT2D eigenvalue weighted by molar-refractivity contribution is 0.225. The van der Waals surface area contributed by atoms with Gasteiger partial charge < -0.3 is 15.7 Å². The van der Waals surface area contributed by atoms with Crippen LogP contribution in [0.2, 0.25) is 5.02 Å². The average Bonchev–Trinajstić information content (AvgIpc) is 2.50. The molecule has 2 aromatic carbocycles. The van der Waals surface area contributed by atoms with E-state index in [0.717, 1.165) is 11.1 Å². The van der Waals surface area contributed by atoms with Crippen molar-refractivity contribution >= 4 is 23.3 Å². The molecule has 3 N–H and O–H groups in total. The molecule has 0 aromatic heterocycles. The zero-order valence-electron chi connectivity index (χ0n) is 11.6. The molecule has 2 aromatic rings.